The Kier molecular flexibility index (Phi) is 4.20. The number of nitrogens with zero attached hydrogens (tertiary/aromatic N) is 2. The van der Waals surface area contributed by atoms with E-state index < -0.39 is 0 Å². The van der Waals surface area contributed by atoms with Crippen molar-refractivity contribution in [1.82, 2.24) is 9.78 Å². The highest BCUT2D eigenvalue weighted by Gasteiger charge is 2.08. The Morgan fingerprint density at radius 2 is 2.12 bits per heavy atom. The van der Waals surface area contributed by atoms with E-state index >= 15 is 0 Å². The molecule has 0 saturated carbocycles. The summed E-state index contributed by atoms with van der Waals surface area (Å²) in [5.74, 6) is 0. The van der Waals surface area contributed by atoms with Crippen molar-refractivity contribution in [3.05, 3.63) is 40.2 Å². The van der Waals surface area contributed by atoms with Gasteiger partial charge in [-0.3, -0.25) is 4.68 Å². The van der Waals surface area contributed by atoms with E-state index in [1.54, 1.807) is 0 Å². The first kappa shape index (κ1) is 12.6. The second kappa shape index (κ2) is 5.67. The maximum atomic E-state index is 4.47. The van der Waals surface area contributed by atoms with Crippen molar-refractivity contribution in [3.63, 3.8) is 0 Å². The first-order chi connectivity index (χ1) is 8.22. The van der Waals surface area contributed by atoms with Crippen LogP contribution in [0.15, 0.2) is 36.7 Å². The van der Waals surface area contributed by atoms with Crippen LogP contribution < -0.4 is 0 Å². The smallest absolute Gasteiger partial charge is 0.0568 e. The van der Waals surface area contributed by atoms with Crippen molar-refractivity contribution < 1.29 is 0 Å². The van der Waals surface area contributed by atoms with Gasteiger partial charge in [0.05, 0.1) is 6.20 Å². The minimum Gasteiger partial charge on any atom is -0.269 e. The molecule has 0 aliphatic carbocycles. The summed E-state index contributed by atoms with van der Waals surface area (Å²) >= 11 is 2.37. The zero-order valence-electron chi connectivity index (χ0n) is 10.2. The van der Waals surface area contributed by atoms with E-state index in [1.165, 1.54) is 27.5 Å². The Bertz CT molecular complexity index is 490. The maximum absolute atomic E-state index is 4.47. The van der Waals surface area contributed by atoms with Crippen molar-refractivity contribution in [2.45, 2.75) is 32.7 Å². The first-order valence-electron chi connectivity index (χ1n) is 6.01. The van der Waals surface area contributed by atoms with E-state index in [0.29, 0.717) is 6.04 Å². The van der Waals surface area contributed by atoms with E-state index in [-0.39, 0.29) is 0 Å². The Morgan fingerprint density at radius 3 is 2.82 bits per heavy atom. The molecule has 17 heavy (non-hydrogen) atoms. The molecule has 0 N–H and O–H groups in total. The molecule has 1 aromatic heterocycles. The Balaban J connectivity index is 2.27. The van der Waals surface area contributed by atoms with Gasteiger partial charge >= 0.3 is 0 Å². The third-order valence-electron chi connectivity index (χ3n) is 2.94. The summed E-state index contributed by atoms with van der Waals surface area (Å²) in [6.07, 6.45) is 6.48. The van der Waals surface area contributed by atoms with Crippen molar-refractivity contribution in [1.29, 1.82) is 0 Å². The number of hydrogen-bond donors (Lipinski definition) is 0. The molecular formula is C14H17IN2. The van der Waals surface area contributed by atoms with Gasteiger partial charge in [-0.15, -0.1) is 0 Å². The molecule has 1 aromatic carbocycles. The number of rotatable bonds is 4. The van der Waals surface area contributed by atoms with Crippen LogP contribution in [0.25, 0.3) is 11.1 Å². The summed E-state index contributed by atoms with van der Waals surface area (Å²) in [5.41, 5.74) is 2.47. The maximum Gasteiger partial charge on any atom is 0.0568 e. The molecule has 2 rings (SSSR count). The quantitative estimate of drug-likeness (QED) is 0.749. The molecule has 2 nitrogen and oxygen atoms in total. The van der Waals surface area contributed by atoms with Crippen LogP contribution in [-0.2, 0) is 0 Å². The normalized spacial score (nSPS) is 12.6. The van der Waals surface area contributed by atoms with Gasteiger partial charge in [-0.2, -0.15) is 5.10 Å². The third-order valence-corrected chi connectivity index (χ3v) is 3.89. The van der Waals surface area contributed by atoms with Gasteiger partial charge < -0.3 is 0 Å². The predicted octanol–water partition coefficient (Wildman–Crippen LogP) is 4.52. The van der Waals surface area contributed by atoms with Gasteiger partial charge in [-0.1, -0.05) is 31.5 Å². The van der Waals surface area contributed by atoms with Gasteiger partial charge in [0, 0.05) is 21.4 Å². The molecule has 0 amide bonds. The SMILES string of the molecule is CCCC(C)n1cc(-c2ccccc2I)cn1. The summed E-state index contributed by atoms with van der Waals surface area (Å²) in [4.78, 5) is 0. The second-order valence-electron chi connectivity index (χ2n) is 4.33. The molecule has 90 valence electrons. The lowest BCUT2D eigenvalue weighted by Gasteiger charge is -2.09. The van der Waals surface area contributed by atoms with Crippen molar-refractivity contribution in [3.8, 4) is 11.1 Å². The van der Waals surface area contributed by atoms with Crippen molar-refractivity contribution in [2.75, 3.05) is 0 Å². The van der Waals surface area contributed by atoms with Crippen LogP contribution in [0.4, 0.5) is 0 Å². The lowest BCUT2D eigenvalue weighted by Crippen LogP contribution is -2.04. The molecule has 0 aliphatic rings. The molecule has 0 aliphatic heterocycles. The molecule has 0 radical (unpaired) electrons. The first-order valence-corrected chi connectivity index (χ1v) is 7.09. The second-order valence-corrected chi connectivity index (χ2v) is 5.49. The summed E-state index contributed by atoms with van der Waals surface area (Å²) in [6, 6.07) is 8.89. The number of benzene rings is 1. The molecule has 3 heteroatoms. The molecule has 0 saturated heterocycles. The summed E-state index contributed by atoms with van der Waals surface area (Å²) < 4.78 is 3.34. The highest BCUT2D eigenvalue weighted by atomic mass is 127. The fraction of sp³-hybridized carbons (Fsp3) is 0.357. The molecule has 0 fully saturated rings. The standard InChI is InChI=1S/C14H17IN2/c1-3-6-11(2)17-10-12(9-16-17)13-7-4-5-8-14(13)15/h4-5,7-11H,3,6H2,1-2H3. The summed E-state index contributed by atoms with van der Waals surface area (Å²) in [7, 11) is 0. The van der Waals surface area contributed by atoms with Crippen molar-refractivity contribution in [2.24, 2.45) is 0 Å². The van der Waals surface area contributed by atoms with Gasteiger partial charge in [0.1, 0.15) is 0 Å². The van der Waals surface area contributed by atoms with Crippen LogP contribution in [0, 0.1) is 3.57 Å². The van der Waals surface area contributed by atoms with Crippen LogP contribution in [0.3, 0.4) is 0 Å². The highest BCUT2D eigenvalue weighted by molar-refractivity contribution is 14.1. The molecule has 1 unspecified atom stereocenters. The Morgan fingerprint density at radius 1 is 1.35 bits per heavy atom. The molecule has 1 heterocycles. The zero-order valence-corrected chi connectivity index (χ0v) is 12.4. The fourth-order valence-electron chi connectivity index (χ4n) is 1.96. The number of halogens is 1. The van der Waals surface area contributed by atoms with E-state index in [9.17, 15) is 0 Å². The lowest BCUT2D eigenvalue weighted by atomic mass is 10.1. The summed E-state index contributed by atoms with van der Waals surface area (Å²) in [5, 5.41) is 4.47. The monoisotopic (exact) mass is 340 g/mol. The van der Waals surface area contributed by atoms with Gasteiger partial charge in [0.15, 0.2) is 0 Å². The number of hydrogen-bond acceptors (Lipinski definition) is 1. The minimum atomic E-state index is 0.482. The molecule has 1 atom stereocenters. The number of aromatic nitrogens is 2. The molecular weight excluding hydrogens is 323 g/mol. The molecule has 0 bridgehead atoms. The lowest BCUT2D eigenvalue weighted by molar-refractivity contribution is 0.455. The van der Waals surface area contributed by atoms with Gasteiger partial charge in [-0.05, 0) is 47.6 Å². The van der Waals surface area contributed by atoms with Crippen LogP contribution in [0.2, 0.25) is 0 Å². The average molecular weight is 340 g/mol. The van der Waals surface area contributed by atoms with E-state index in [0.717, 1.165) is 0 Å². The van der Waals surface area contributed by atoms with Crippen molar-refractivity contribution >= 4 is 22.6 Å². The molecule has 2 aromatic rings. The molecule has 0 spiro atoms. The highest BCUT2D eigenvalue weighted by Crippen LogP contribution is 2.25. The Hall–Kier alpha value is -0.840. The van der Waals surface area contributed by atoms with Gasteiger partial charge in [0.2, 0.25) is 0 Å². The average Bonchev–Trinajstić information content (AvgIpc) is 2.79. The zero-order chi connectivity index (χ0) is 12.3. The van der Waals surface area contributed by atoms with Gasteiger partial charge in [-0.25, -0.2) is 0 Å². The van der Waals surface area contributed by atoms with E-state index in [4.69, 9.17) is 0 Å². The summed E-state index contributed by atoms with van der Waals surface area (Å²) in [6.45, 7) is 4.43. The topological polar surface area (TPSA) is 17.8 Å². The van der Waals surface area contributed by atoms with E-state index in [1.807, 2.05) is 6.20 Å². The van der Waals surface area contributed by atoms with Crippen LogP contribution in [0.1, 0.15) is 32.7 Å². The minimum absolute atomic E-state index is 0.482. The fourth-order valence-corrected chi connectivity index (χ4v) is 2.66. The van der Waals surface area contributed by atoms with E-state index in [2.05, 4.69) is 76.7 Å². The third kappa shape index (κ3) is 2.89. The van der Waals surface area contributed by atoms with Crippen LogP contribution >= 0.6 is 22.6 Å². The van der Waals surface area contributed by atoms with Gasteiger partial charge in [0.25, 0.3) is 0 Å². The van der Waals surface area contributed by atoms with Crippen LogP contribution in [0.5, 0.6) is 0 Å². The Labute approximate surface area is 116 Å². The predicted molar refractivity (Wildman–Crippen MR) is 80.0 cm³/mol. The largest absolute Gasteiger partial charge is 0.269 e. The van der Waals surface area contributed by atoms with Crippen LogP contribution in [-0.4, -0.2) is 9.78 Å².